The molecule has 7 heteroatoms. The minimum absolute atomic E-state index is 0.159. The molecular weight excluding hydrogens is 386 g/mol. The van der Waals surface area contributed by atoms with Gasteiger partial charge in [-0.25, -0.2) is 9.78 Å². The Labute approximate surface area is 176 Å². The van der Waals surface area contributed by atoms with Crippen molar-refractivity contribution >= 4 is 23.2 Å². The number of ether oxygens (including phenoxy) is 1. The van der Waals surface area contributed by atoms with Crippen LogP contribution in [0.2, 0.25) is 0 Å². The molecule has 0 radical (unpaired) electrons. The Hall–Kier alpha value is -2.25. The Morgan fingerprint density at radius 1 is 1.31 bits per heavy atom. The van der Waals surface area contributed by atoms with Crippen LogP contribution in [-0.4, -0.2) is 48.5 Å². The number of nitrogens with zero attached hydrogens (tertiary/aromatic N) is 2. The Morgan fingerprint density at radius 2 is 2.10 bits per heavy atom. The van der Waals surface area contributed by atoms with Gasteiger partial charge in [-0.05, 0) is 43.9 Å². The van der Waals surface area contributed by atoms with Gasteiger partial charge in [0.1, 0.15) is 5.01 Å². The zero-order valence-electron chi connectivity index (χ0n) is 17.1. The van der Waals surface area contributed by atoms with E-state index < -0.39 is 0 Å². The predicted molar refractivity (Wildman–Crippen MR) is 115 cm³/mol. The van der Waals surface area contributed by atoms with E-state index in [0.717, 1.165) is 61.7 Å². The van der Waals surface area contributed by atoms with Gasteiger partial charge in [-0.2, -0.15) is 0 Å². The van der Waals surface area contributed by atoms with E-state index in [2.05, 4.69) is 15.6 Å². The Bertz CT molecular complexity index is 819. The maximum Gasteiger partial charge on any atom is 0.337 e. The quantitative estimate of drug-likeness (QED) is 0.665. The molecule has 1 unspecified atom stereocenters. The van der Waals surface area contributed by atoms with Crippen LogP contribution in [0.3, 0.4) is 0 Å². The summed E-state index contributed by atoms with van der Waals surface area (Å²) >= 11 is 1.62. The molecule has 1 aromatic carbocycles. The molecule has 1 aromatic heterocycles. The smallest absolute Gasteiger partial charge is 0.337 e. The number of piperidine rings is 1. The third-order valence-electron chi connectivity index (χ3n) is 5.16. The van der Waals surface area contributed by atoms with Gasteiger partial charge < -0.3 is 10.1 Å². The van der Waals surface area contributed by atoms with Gasteiger partial charge in [-0.3, -0.25) is 9.69 Å². The average Bonchev–Trinajstić information content (AvgIpc) is 3.21. The van der Waals surface area contributed by atoms with Crippen LogP contribution in [0.15, 0.2) is 29.6 Å². The van der Waals surface area contributed by atoms with E-state index in [4.69, 9.17) is 9.72 Å². The zero-order valence-corrected chi connectivity index (χ0v) is 18.0. The maximum atomic E-state index is 11.7. The van der Waals surface area contributed by atoms with E-state index in [1.54, 1.807) is 23.5 Å². The second kappa shape index (κ2) is 10.5. The van der Waals surface area contributed by atoms with Crippen molar-refractivity contribution in [3.8, 4) is 10.6 Å². The molecule has 1 fully saturated rings. The first-order valence-electron chi connectivity index (χ1n) is 10.2. The van der Waals surface area contributed by atoms with Gasteiger partial charge in [0.15, 0.2) is 0 Å². The molecule has 0 saturated carbocycles. The number of amides is 1. The molecule has 156 valence electrons. The van der Waals surface area contributed by atoms with Crippen LogP contribution in [0.25, 0.3) is 10.6 Å². The van der Waals surface area contributed by atoms with Crippen molar-refractivity contribution in [3.05, 3.63) is 40.9 Å². The van der Waals surface area contributed by atoms with Gasteiger partial charge in [0, 0.05) is 37.0 Å². The number of likely N-dealkylation sites (tertiary alicyclic amines) is 1. The summed E-state index contributed by atoms with van der Waals surface area (Å²) in [7, 11) is 1.38. The monoisotopic (exact) mass is 415 g/mol. The molecular formula is C22H29N3O3S. The second-order valence-electron chi connectivity index (χ2n) is 7.51. The number of rotatable bonds is 8. The number of esters is 1. The molecule has 2 aromatic rings. The summed E-state index contributed by atoms with van der Waals surface area (Å²) in [6.45, 7) is 5.69. The van der Waals surface area contributed by atoms with Crippen molar-refractivity contribution in [1.29, 1.82) is 0 Å². The molecule has 2 heterocycles. The standard InChI is InChI=1S/C22H29N3O3S/c1-3-5-20(26)23-12-16-6-4-11-25(13-16)14-19-15-29-21(24-19)17-7-9-18(10-8-17)22(27)28-2/h7-10,15-16H,3-6,11-14H2,1-2H3,(H,23,26). The van der Waals surface area contributed by atoms with Crippen LogP contribution in [0.1, 0.15) is 48.7 Å². The molecule has 1 atom stereocenters. The Balaban J connectivity index is 1.54. The fraction of sp³-hybridized carbons (Fsp3) is 0.500. The lowest BCUT2D eigenvalue weighted by molar-refractivity contribution is -0.121. The molecule has 1 aliphatic rings. The number of hydrogen-bond acceptors (Lipinski definition) is 6. The van der Waals surface area contributed by atoms with Crippen LogP contribution in [0, 0.1) is 5.92 Å². The van der Waals surface area contributed by atoms with Gasteiger partial charge in [-0.15, -0.1) is 11.3 Å². The summed E-state index contributed by atoms with van der Waals surface area (Å²) in [4.78, 5) is 30.5. The van der Waals surface area contributed by atoms with E-state index in [1.165, 1.54) is 7.11 Å². The van der Waals surface area contributed by atoms with Gasteiger partial charge in [0.2, 0.25) is 5.91 Å². The highest BCUT2D eigenvalue weighted by atomic mass is 32.1. The first kappa shape index (κ1) is 21.5. The number of carbonyl (C=O) groups is 2. The summed E-state index contributed by atoms with van der Waals surface area (Å²) in [6.07, 6.45) is 3.82. The summed E-state index contributed by atoms with van der Waals surface area (Å²) in [5, 5.41) is 6.13. The lowest BCUT2D eigenvalue weighted by Crippen LogP contribution is -2.40. The normalized spacial score (nSPS) is 17.1. The van der Waals surface area contributed by atoms with Gasteiger partial charge in [-0.1, -0.05) is 19.1 Å². The number of carbonyl (C=O) groups excluding carboxylic acids is 2. The minimum Gasteiger partial charge on any atom is -0.465 e. The second-order valence-corrected chi connectivity index (χ2v) is 8.37. The minimum atomic E-state index is -0.332. The summed E-state index contributed by atoms with van der Waals surface area (Å²) in [6, 6.07) is 7.35. The van der Waals surface area contributed by atoms with Crippen molar-refractivity contribution in [2.45, 2.75) is 39.2 Å². The lowest BCUT2D eigenvalue weighted by atomic mass is 9.98. The molecule has 0 bridgehead atoms. The molecule has 1 amide bonds. The number of hydrogen-bond donors (Lipinski definition) is 1. The predicted octanol–water partition coefficient (Wildman–Crippen LogP) is 3.73. The Kier molecular flexibility index (Phi) is 7.77. The van der Waals surface area contributed by atoms with Crippen LogP contribution in [-0.2, 0) is 16.1 Å². The lowest BCUT2D eigenvalue weighted by Gasteiger charge is -2.32. The SMILES string of the molecule is CCCC(=O)NCC1CCCN(Cc2csc(-c3ccc(C(=O)OC)cc3)n2)C1. The number of aromatic nitrogens is 1. The van der Waals surface area contributed by atoms with E-state index in [0.29, 0.717) is 17.9 Å². The Morgan fingerprint density at radius 3 is 2.83 bits per heavy atom. The van der Waals surface area contributed by atoms with Gasteiger partial charge in [0.25, 0.3) is 0 Å². The summed E-state index contributed by atoms with van der Waals surface area (Å²) in [5.74, 6) is 0.336. The molecule has 0 spiro atoms. The fourth-order valence-electron chi connectivity index (χ4n) is 3.64. The van der Waals surface area contributed by atoms with Crippen molar-refractivity contribution in [2.24, 2.45) is 5.92 Å². The van der Waals surface area contributed by atoms with Crippen molar-refractivity contribution in [1.82, 2.24) is 15.2 Å². The third kappa shape index (κ3) is 6.11. The topological polar surface area (TPSA) is 71.5 Å². The highest BCUT2D eigenvalue weighted by Crippen LogP contribution is 2.26. The van der Waals surface area contributed by atoms with Crippen molar-refractivity contribution in [3.63, 3.8) is 0 Å². The first-order chi connectivity index (χ1) is 14.1. The van der Waals surface area contributed by atoms with E-state index in [-0.39, 0.29) is 11.9 Å². The van der Waals surface area contributed by atoms with Crippen LogP contribution in [0.5, 0.6) is 0 Å². The highest BCUT2D eigenvalue weighted by molar-refractivity contribution is 7.13. The fourth-order valence-corrected chi connectivity index (χ4v) is 4.46. The molecule has 29 heavy (non-hydrogen) atoms. The van der Waals surface area contributed by atoms with Crippen LogP contribution in [0.4, 0.5) is 0 Å². The maximum absolute atomic E-state index is 11.7. The van der Waals surface area contributed by atoms with Gasteiger partial charge in [0.05, 0.1) is 18.4 Å². The number of nitrogens with one attached hydrogen (secondary N) is 1. The molecule has 3 rings (SSSR count). The largest absolute Gasteiger partial charge is 0.465 e. The molecule has 1 saturated heterocycles. The molecule has 1 aliphatic heterocycles. The third-order valence-corrected chi connectivity index (χ3v) is 6.10. The first-order valence-corrected chi connectivity index (χ1v) is 11.1. The van der Waals surface area contributed by atoms with E-state index in [9.17, 15) is 9.59 Å². The molecule has 6 nitrogen and oxygen atoms in total. The van der Waals surface area contributed by atoms with Crippen molar-refractivity contribution in [2.75, 3.05) is 26.7 Å². The van der Waals surface area contributed by atoms with Crippen LogP contribution < -0.4 is 5.32 Å². The molecule has 0 aliphatic carbocycles. The zero-order chi connectivity index (χ0) is 20.6. The van der Waals surface area contributed by atoms with E-state index in [1.807, 2.05) is 19.1 Å². The van der Waals surface area contributed by atoms with Gasteiger partial charge >= 0.3 is 5.97 Å². The number of benzene rings is 1. The summed E-state index contributed by atoms with van der Waals surface area (Å²) < 4.78 is 4.74. The highest BCUT2D eigenvalue weighted by Gasteiger charge is 2.21. The van der Waals surface area contributed by atoms with E-state index >= 15 is 0 Å². The number of thiazole rings is 1. The molecule has 1 N–H and O–H groups in total. The average molecular weight is 416 g/mol. The van der Waals surface area contributed by atoms with Crippen LogP contribution >= 0.6 is 11.3 Å². The summed E-state index contributed by atoms with van der Waals surface area (Å²) in [5.41, 5.74) is 2.61. The van der Waals surface area contributed by atoms with Crippen molar-refractivity contribution < 1.29 is 14.3 Å². The number of methoxy groups -OCH3 is 1.